The van der Waals surface area contributed by atoms with Crippen molar-refractivity contribution in [2.45, 2.75) is 39.3 Å². The fraction of sp³-hybridized carbons (Fsp3) is 0.292. The Kier molecular flexibility index (Phi) is 5.93. The van der Waals surface area contributed by atoms with Gasteiger partial charge in [0.25, 0.3) is 5.91 Å². The minimum atomic E-state index is -0.0719. The van der Waals surface area contributed by atoms with Crippen LogP contribution in [0.2, 0.25) is 0 Å². The van der Waals surface area contributed by atoms with Crippen LogP contribution in [0.4, 0.5) is 5.82 Å². The fourth-order valence-electron chi connectivity index (χ4n) is 3.73. The Morgan fingerprint density at radius 2 is 1.83 bits per heavy atom. The van der Waals surface area contributed by atoms with Crippen molar-refractivity contribution in [3.8, 4) is 0 Å². The molecule has 6 heteroatoms. The smallest absolute Gasteiger partial charge is 0.251 e. The van der Waals surface area contributed by atoms with E-state index in [1.807, 2.05) is 60.1 Å². The molecule has 0 fully saturated rings. The van der Waals surface area contributed by atoms with E-state index in [-0.39, 0.29) is 11.8 Å². The number of amides is 2. The average Bonchev–Trinajstić information content (AvgIpc) is 3.15. The van der Waals surface area contributed by atoms with E-state index in [1.165, 1.54) is 5.56 Å². The summed E-state index contributed by atoms with van der Waals surface area (Å²) in [5.41, 5.74) is 3.80. The van der Waals surface area contributed by atoms with Gasteiger partial charge in [0.1, 0.15) is 5.82 Å². The summed E-state index contributed by atoms with van der Waals surface area (Å²) in [6.07, 6.45) is 2.30. The lowest BCUT2D eigenvalue weighted by molar-refractivity contribution is -0.119. The molecule has 1 aromatic heterocycles. The highest BCUT2D eigenvalue weighted by Crippen LogP contribution is 2.24. The molecule has 0 saturated heterocycles. The van der Waals surface area contributed by atoms with Crippen LogP contribution in [-0.4, -0.2) is 28.1 Å². The summed E-state index contributed by atoms with van der Waals surface area (Å²) >= 11 is 0. The number of carbonyl (C=O) groups excluding carboxylic acids is 2. The minimum Gasteiger partial charge on any atom is -0.352 e. The molecule has 0 unspecified atom stereocenters. The quantitative estimate of drug-likeness (QED) is 0.615. The van der Waals surface area contributed by atoms with Crippen molar-refractivity contribution in [2.24, 2.45) is 0 Å². The van der Waals surface area contributed by atoms with Crippen LogP contribution < -0.4 is 10.2 Å². The van der Waals surface area contributed by atoms with Crippen LogP contribution >= 0.6 is 0 Å². The molecule has 0 radical (unpaired) electrons. The van der Waals surface area contributed by atoms with E-state index in [0.29, 0.717) is 31.6 Å². The number of aromatic nitrogens is 2. The van der Waals surface area contributed by atoms with E-state index in [2.05, 4.69) is 22.5 Å². The molecule has 1 aliphatic heterocycles. The third kappa shape index (κ3) is 4.59. The summed E-state index contributed by atoms with van der Waals surface area (Å²) < 4.78 is 1.88. The highest BCUT2D eigenvalue weighted by molar-refractivity contribution is 5.95. The van der Waals surface area contributed by atoms with Gasteiger partial charge in [-0.3, -0.25) is 14.5 Å². The van der Waals surface area contributed by atoms with Crippen LogP contribution in [0.25, 0.3) is 0 Å². The van der Waals surface area contributed by atoms with Gasteiger partial charge in [-0.2, -0.15) is 5.10 Å². The predicted molar refractivity (Wildman–Crippen MR) is 116 cm³/mol. The largest absolute Gasteiger partial charge is 0.352 e. The SMILES string of the molecule is Cc1cc2n(n1)CCC(=O)N2Cc1ccc(C(=O)NCCCc2ccccc2)cc1. The molecule has 2 aromatic carbocycles. The lowest BCUT2D eigenvalue weighted by atomic mass is 10.1. The lowest BCUT2D eigenvalue weighted by Crippen LogP contribution is -2.36. The number of nitrogens with zero attached hydrogens (tertiary/aromatic N) is 3. The van der Waals surface area contributed by atoms with Crippen LogP contribution in [0.15, 0.2) is 60.7 Å². The summed E-state index contributed by atoms with van der Waals surface area (Å²) in [6.45, 7) is 3.67. The predicted octanol–water partition coefficient (Wildman–Crippen LogP) is 3.49. The first-order chi connectivity index (χ1) is 14.6. The van der Waals surface area contributed by atoms with Gasteiger partial charge in [-0.1, -0.05) is 42.5 Å². The fourth-order valence-corrected chi connectivity index (χ4v) is 3.73. The van der Waals surface area contributed by atoms with Crippen LogP contribution in [0.3, 0.4) is 0 Å². The first-order valence-electron chi connectivity index (χ1n) is 10.4. The first-order valence-corrected chi connectivity index (χ1v) is 10.4. The van der Waals surface area contributed by atoms with Gasteiger partial charge in [-0.25, -0.2) is 4.68 Å². The monoisotopic (exact) mass is 402 g/mol. The number of carbonyl (C=O) groups is 2. The van der Waals surface area contributed by atoms with E-state index < -0.39 is 0 Å². The van der Waals surface area contributed by atoms with E-state index in [0.717, 1.165) is 29.9 Å². The Labute approximate surface area is 176 Å². The van der Waals surface area contributed by atoms with Gasteiger partial charge in [-0.15, -0.1) is 0 Å². The number of benzene rings is 2. The van der Waals surface area contributed by atoms with Gasteiger partial charge < -0.3 is 5.32 Å². The number of aryl methyl sites for hydroxylation is 3. The van der Waals surface area contributed by atoms with Crippen molar-refractivity contribution in [3.05, 3.63) is 83.0 Å². The van der Waals surface area contributed by atoms with E-state index in [9.17, 15) is 9.59 Å². The molecule has 4 rings (SSSR count). The molecule has 2 amide bonds. The zero-order valence-electron chi connectivity index (χ0n) is 17.2. The van der Waals surface area contributed by atoms with Crippen molar-refractivity contribution in [2.75, 3.05) is 11.4 Å². The molecule has 0 saturated carbocycles. The zero-order chi connectivity index (χ0) is 20.9. The van der Waals surface area contributed by atoms with E-state index in [4.69, 9.17) is 0 Å². The van der Waals surface area contributed by atoms with Crippen molar-refractivity contribution in [1.29, 1.82) is 0 Å². The number of hydrogen-bond acceptors (Lipinski definition) is 3. The van der Waals surface area contributed by atoms with Crippen molar-refractivity contribution < 1.29 is 9.59 Å². The molecule has 3 aromatic rings. The van der Waals surface area contributed by atoms with Crippen LogP contribution in [-0.2, 0) is 24.3 Å². The summed E-state index contributed by atoms with van der Waals surface area (Å²) in [7, 11) is 0. The third-order valence-electron chi connectivity index (χ3n) is 5.32. The Hall–Kier alpha value is -3.41. The Balaban J connectivity index is 1.31. The molecule has 0 spiro atoms. The average molecular weight is 402 g/mol. The molecule has 0 atom stereocenters. The van der Waals surface area contributed by atoms with Crippen LogP contribution in [0.1, 0.15) is 40.0 Å². The highest BCUT2D eigenvalue weighted by Gasteiger charge is 2.25. The molecule has 154 valence electrons. The second kappa shape index (κ2) is 8.95. The van der Waals surface area contributed by atoms with Crippen molar-refractivity contribution in [3.63, 3.8) is 0 Å². The van der Waals surface area contributed by atoms with Crippen LogP contribution in [0.5, 0.6) is 0 Å². The lowest BCUT2D eigenvalue weighted by Gasteiger charge is -2.27. The van der Waals surface area contributed by atoms with Gasteiger partial charge >= 0.3 is 0 Å². The molecule has 0 bridgehead atoms. The Bertz CT molecular complexity index is 1030. The number of hydrogen-bond donors (Lipinski definition) is 1. The molecule has 2 heterocycles. The maximum absolute atomic E-state index is 12.4. The molecular formula is C24H26N4O2. The van der Waals surface area contributed by atoms with Crippen molar-refractivity contribution >= 4 is 17.6 Å². The summed E-state index contributed by atoms with van der Waals surface area (Å²) in [4.78, 5) is 26.6. The molecule has 0 aliphatic carbocycles. The number of fused-ring (bicyclic) bond motifs is 1. The van der Waals surface area contributed by atoms with Gasteiger partial charge in [0.15, 0.2) is 0 Å². The minimum absolute atomic E-state index is 0.0719. The Morgan fingerprint density at radius 1 is 1.07 bits per heavy atom. The summed E-state index contributed by atoms with van der Waals surface area (Å²) in [5.74, 6) is 0.865. The molecule has 6 nitrogen and oxygen atoms in total. The van der Waals surface area contributed by atoms with Gasteiger partial charge in [0, 0.05) is 24.6 Å². The normalized spacial score (nSPS) is 13.2. The first kappa shape index (κ1) is 19.9. The summed E-state index contributed by atoms with van der Waals surface area (Å²) in [6, 6.07) is 19.7. The third-order valence-corrected chi connectivity index (χ3v) is 5.32. The van der Waals surface area contributed by atoms with Gasteiger partial charge in [0.2, 0.25) is 5.91 Å². The molecular weight excluding hydrogens is 376 g/mol. The number of nitrogens with one attached hydrogen (secondary N) is 1. The van der Waals surface area contributed by atoms with Gasteiger partial charge in [-0.05, 0) is 43.0 Å². The second-order valence-corrected chi connectivity index (χ2v) is 7.64. The van der Waals surface area contributed by atoms with Crippen LogP contribution in [0, 0.1) is 6.92 Å². The van der Waals surface area contributed by atoms with Gasteiger partial charge in [0.05, 0.1) is 18.8 Å². The molecule has 1 aliphatic rings. The zero-order valence-corrected chi connectivity index (χ0v) is 17.2. The van der Waals surface area contributed by atoms with Crippen molar-refractivity contribution in [1.82, 2.24) is 15.1 Å². The molecule has 1 N–H and O–H groups in total. The number of anilines is 1. The number of rotatable bonds is 7. The molecule has 30 heavy (non-hydrogen) atoms. The Morgan fingerprint density at radius 3 is 2.60 bits per heavy atom. The van der Waals surface area contributed by atoms with E-state index in [1.54, 1.807) is 4.90 Å². The topological polar surface area (TPSA) is 67.2 Å². The maximum Gasteiger partial charge on any atom is 0.251 e. The summed E-state index contributed by atoms with van der Waals surface area (Å²) in [5, 5.41) is 7.42. The highest BCUT2D eigenvalue weighted by atomic mass is 16.2. The maximum atomic E-state index is 12.4. The second-order valence-electron chi connectivity index (χ2n) is 7.64. The standard InChI is InChI=1S/C24H26N4O2/c1-18-16-22-27(23(29)13-15-28(22)26-18)17-20-9-11-21(12-10-20)24(30)25-14-5-8-19-6-3-2-4-7-19/h2-4,6-7,9-12,16H,5,8,13-15,17H2,1H3,(H,25,30). The van der Waals surface area contributed by atoms with E-state index >= 15 is 0 Å².